The van der Waals surface area contributed by atoms with Crippen LogP contribution in [-0.2, 0) is 6.54 Å². The first-order chi connectivity index (χ1) is 13.5. The Morgan fingerprint density at radius 1 is 1.25 bits per heavy atom. The number of hydrogen-bond acceptors (Lipinski definition) is 5. The lowest BCUT2D eigenvalue weighted by Crippen LogP contribution is -2.10. The van der Waals surface area contributed by atoms with Crippen molar-refractivity contribution in [1.82, 2.24) is 19.9 Å². The topological polar surface area (TPSA) is 92.1 Å². The summed E-state index contributed by atoms with van der Waals surface area (Å²) < 4.78 is 2.53. The molecule has 0 fully saturated rings. The van der Waals surface area contributed by atoms with E-state index in [2.05, 4.69) is 43.5 Å². The number of aromatic nitrogens is 3. The number of fused-ring (bicyclic) bond motifs is 1. The fourth-order valence-corrected chi connectivity index (χ4v) is 3.64. The van der Waals surface area contributed by atoms with E-state index in [-0.39, 0.29) is 0 Å². The number of nitrogen functional groups attached to an aromatic ring is 1. The molecule has 0 saturated heterocycles. The number of benzene rings is 1. The van der Waals surface area contributed by atoms with Gasteiger partial charge in [-0.1, -0.05) is 42.5 Å². The SMILES string of the molecule is Cc1nc(N)c2c(C3=CC(=N)/C(=C\NCc4ccccc4)C=C3)cc(Br)n2n1. The van der Waals surface area contributed by atoms with Gasteiger partial charge in [-0.15, -0.1) is 0 Å². The number of hydrogen-bond donors (Lipinski definition) is 3. The normalized spacial score (nSPS) is 15.3. The van der Waals surface area contributed by atoms with Crippen LogP contribution in [0.5, 0.6) is 0 Å². The van der Waals surface area contributed by atoms with Crippen molar-refractivity contribution in [2.45, 2.75) is 13.5 Å². The third-order valence-electron chi connectivity index (χ3n) is 4.47. The average Bonchev–Trinajstić information content (AvgIpc) is 3.01. The van der Waals surface area contributed by atoms with Gasteiger partial charge in [-0.3, -0.25) is 0 Å². The third kappa shape index (κ3) is 3.48. The summed E-state index contributed by atoms with van der Waals surface area (Å²) in [6.45, 7) is 2.52. The molecular weight excluding hydrogens is 416 g/mol. The highest BCUT2D eigenvalue weighted by molar-refractivity contribution is 9.10. The third-order valence-corrected chi connectivity index (χ3v) is 5.04. The Bertz CT molecular complexity index is 1150. The maximum atomic E-state index is 8.39. The molecule has 4 rings (SSSR count). The first-order valence-corrected chi connectivity index (χ1v) is 9.60. The highest BCUT2D eigenvalue weighted by Gasteiger charge is 2.17. The summed E-state index contributed by atoms with van der Waals surface area (Å²) in [6, 6.07) is 12.1. The van der Waals surface area contributed by atoms with Gasteiger partial charge in [0.25, 0.3) is 0 Å². The molecule has 1 aliphatic carbocycles. The Balaban J connectivity index is 1.58. The molecule has 1 aliphatic rings. The van der Waals surface area contributed by atoms with Gasteiger partial charge in [0.2, 0.25) is 0 Å². The number of aryl methyl sites for hydroxylation is 1. The van der Waals surface area contributed by atoms with Crippen LogP contribution in [0.3, 0.4) is 0 Å². The van der Waals surface area contributed by atoms with Crippen molar-refractivity contribution in [3.63, 3.8) is 0 Å². The molecule has 0 unspecified atom stereocenters. The fourth-order valence-electron chi connectivity index (χ4n) is 3.15. The predicted octanol–water partition coefficient (Wildman–Crippen LogP) is 4.03. The van der Waals surface area contributed by atoms with Crippen molar-refractivity contribution in [2.24, 2.45) is 0 Å². The van der Waals surface area contributed by atoms with Crippen LogP contribution in [0.2, 0.25) is 0 Å². The minimum absolute atomic E-state index is 0.417. The zero-order valence-corrected chi connectivity index (χ0v) is 16.9. The lowest BCUT2D eigenvalue weighted by molar-refractivity contribution is 0.846. The fraction of sp³-hybridized carbons (Fsp3) is 0.0952. The maximum absolute atomic E-state index is 8.39. The molecule has 4 N–H and O–H groups in total. The van der Waals surface area contributed by atoms with Crippen LogP contribution < -0.4 is 11.1 Å². The van der Waals surface area contributed by atoms with Crippen LogP contribution >= 0.6 is 15.9 Å². The van der Waals surface area contributed by atoms with Crippen molar-refractivity contribution in [1.29, 1.82) is 5.41 Å². The summed E-state index contributed by atoms with van der Waals surface area (Å²) in [5, 5.41) is 16.1. The molecule has 0 bridgehead atoms. The van der Waals surface area contributed by atoms with Gasteiger partial charge in [0.1, 0.15) is 15.9 Å². The van der Waals surface area contributed by atoms with Gasteiger partial charge >= 0.3 is 0 Å². The molecule has 2 heterocycles. The van der Waals surface area contributed by atoms with Gasteiger partial charge < -0.3 is 16.5 Å². The van der Waals surface area contributed by atoms with Crippen LogP contribution in [0.15, 0.2) is 71.0 Å². The molecule has 28 heavy (non-hydrogen) atoms. The largest absolute Gasteiger partial charge is 0.386 e. The second-order valence-corrected chi connectivity index (χ2v) is 7.31. The summed E-state index contributed by atoms with van der Waals surface area (Å²) in [5.41, 5.74) is 11.1. The van der Waals surface area contributed by atoms with Crippen LogP contribution in [0.1, 0.15) is 17.0 Å². The second-order valence-electron chi connectivity index (χ2n) is 6.50. The van der Waals surface area contributed by atoms with Crippen LogP contribution in [0, 0.1) is 12.3 Å². The smallest absolute Gasteiger partial charge is 0.152 e. The number of halogens is 1. The number of rotatable bonds is 4. The molecule has 3 aromatic rings. The van der Waals surface area contributed by atoms with Crippen molar-refractivity contribution in [3.05, 3.63) is 88.0 Å². The molecule has 0 aliphatic heterocycles. The van der Waals surface area contributed by atoms with Crippen LogP contribution in [0.4, 0.5) is 5.82 Å². The highest BCUT2D eigenvalue weighted by Crippen LogP contribution is 2.32. The van der Waals surface area contributed by atoms with Gasteiger partial charge in [-0.05, 0) is 46.1 Å². The number of nitrogens with one attached hydrogen (secondary N) is 2. The zero-order chi connectivity index (χ0) is 19.7. The van der Waals surface area contributed by atoms with E-state index >= 15 is 0 Å². The summed E-state index contributed by atoms with van der Waals surface area (Å²) in [5.74, 6) is 1.02. The molecule has 0 atom stereocenters. The maximum Gasteiger partial charge on any atom is 0.152 e. The van der Waals surface area contributed by atoms with E-state index < -0.39 is 0 Å². The summed E-state index contributed by atoms with van der Waals surface area (Å²) in [7, 11) is 0. The Morgan fingerprint density at radius 2 is 2.04 bits per heavy atom. The Morgan fingerprint density at radius 3 is 2.79 bits per heavy atom. The van der Waals surface area contributed by atoms with E-state index in [0.717, 1.165) is 26.8 Å². The van der Waals surface area contributed by atoms with Crippen LogP contribution in [-0.4, -0.2) is 20.3 Å². The number of nitrogens with two attached hydrogens (primary N) is 1. The lowest BCUT2D eigenvalue weighted by atomic mass is 9.96. The molecule has 2 aromatic heterocycles. The molecule has 0 saturated carbocycles. The number of nitrogens with zero attached hydrogens (tertiary/aromatic N) is 3. The van der Waals surface area contributed by atoms with Crippen molar-refractivity contribution in [2.75, 3.05) is 5.73 Å². The molecule has 0 amide bonds. The van der Waals surface area contributed by atoms with E-state index in [1.165, 1.54) is 5.56 Å². The molecule has 7 heteroatoms. The standard InChI is InChI=1S/C21H19BrN6/c1-13-26-21(24)20-17(10-19(22)28(20)27-13)15-7-8-16(18(23)9-15)12-25-11-14-5-3-2-4-6-14/h2-10,12,23,25H,11H2,1H3,(H2,24,26,27)/b16-12-,23-18?. The first-order valence-electron chi connectivity index (χ1n) is 8.81. The van der Waals surface area contributed by atoms with Gasteiger partial charge in [0.05, 0.1) is 5.71 Å². The molecular formula is C21H19BrN6. The minimum Gasteiger partial charge on any atom is -0.386 e. The lowest BCUT2D eigenvalue weighted by Gasteiger charge is -2.12. The Kier molecular flexibility index (Phi) is 4.83. The highest BCUT2D eigenvalue weighted by atomic mass is 79.9. The summed E-state index contributed by atoms with van der Waals surface area (Å²) in [4.78, 5) is 4.27. The minimum atomic E-state index is 0.417. The average molecular weight is 435 g/mol. The predicted molar refractivity (Wildman–Crippen MR) is 116 cm³/mol. The Labute approximate surface area is 171 Å². The van der Waals surface area contributed by atoms with Gasteiger partial charge in [0.15, 0.2) is 5.82 Å². The molecule has 6 nitrogen and oxygen atoms in total. The van der Waals surface area contributed by atoms with Crippen LogP contribution in [0.25, 0.3) is 11.1 Å². The second kappa shape index (κ2) is 7.44. The number of allylic oxidation sites excluding steroid dienone is 5. The van der Waals surface area contributed by atoms with Crippen molar-refractivity contribution in [3.8, 4) is 0 Å². The first kappa shape index (κ1) is 18.2. The van der Waals surface area contributed by atoms with E-state index in [0.29, 0.717) is 23.9 Å². The van der Waals surface area contributed by atoms with Gasteiger partial charge in [0, 0.05) is 23.9 Å². The number of anilines is 1. The van der Waals surface area contributed by atoms with Gasteiger partial charge in [-0.2, -0.15) is 5.10 Å². The molecule has 140 valence electrons. The van der Waals surface area contributed by atoms with E-state index in [9.17, 15) is 0 Å². The van der Waals surface area contributed by atoms with E-state index in [1.807, 2.05) is 48.7 Å². The van der Waals surface area contributed by atoms with Crippen molar-refractivity contribution >= 4 is 38.5 Å². The van der Waals surface area contributed by atoms with Gasteiger partial charge in [-0.25, -0.2) is 9.50 Å². The monoisotopic (exact) mass is 434 g/mol. The Hall–Kier alpha value is -3.19. The van der Waals surface area contributed by atoms with E-state index in [4.69, 9.17) is 11.1 Å². The zero-order valence-electron chi connectivity index (χ0n) is 15.3. The quantitative estimate of drug-likeness (QED) is 0.577. The molecule has 0 radical (unpaired) electrons. The van der Waals surface area contributed by atoms with E-state index in [1.54, 1.807) is 11.4 Å². The van der Waals surface area contributed by atoms with Crippen molar-refractivity contribution < 1.29 is 0 Å². The molecule has 1 aromatic carbocycles. The molecule has 0 spiro atoms. The summed E-state index contributed by atoms with van der Waals surface area (Å²) in [6.07, 6.45) is 7.61. The summed E-state index contributed by atoms with van der Waals surface area (Å²) >= 11 is 3.53.